The monoisotopic (exact) mass is 593 g/mol. The number of nitrogens with one attached hydrogen (secondary N) is 1. The lowest BCUT2D eigenvalue weighted by Gasteiger charge is -2.47. The van der Waals surface area contributed by atoms with E-state index in [4.69, 9.17) is 28.4 Å². The van der Waals surface area contributed by atoms with Crippen molar-refractivity contribution in [2.24, 2.45) is 5.41 Å². The van der Waals surface area contributed by atoms with E-state index in [2.05, 4.69) is 5.32 Å². The van der Waals surface area contributed by atoms with Crippen molar-refractivity contribution < 1.29 is 52.4 Å². The first-order valence-electron chi connectivity index (χ1n) is 13.8. The Balaban J connectivity index is 2.26. The van der Waals surface area contributed by atoms with Crippen LogP contribution in [0.25, 0.3) is 0 Å². The Hall–Kier alpha value is -3.51. The SMILES string of the molecule is CC(=O)N[C@H]1C(OC(C)=O)[C@@H](OC(C)=O)C(COC(C)=O)O[C@H]1OC(C)(C)CC(C)(C)CC(=O)OCc1ccccc1. The fourth-order valence-corrected chi connectivity index (χ4v) is 5.14. The predicted molar refractivity (Wildman–Crippen MR) is 148 cm³/mol. The summed E-state index contributed by atoms with van der Waals surface area (Å²) in [6, 6.07) is 8.26. The number of rotatable bonds is 13. The quantitative estimate of drug-likeness (QED) is 0.265. The zero-order valence-electron chi connectivity index (χ0n) is 25.6. The average Bonchev–Trinajstić information content (AvgIpc) is 2.83. The van der Waals surface area contributed by atoms with Gasteiger partial charge in [-0.05, 0) is 31.2 Å². The van der Waals surface area contributed by atoms with Crippen molar-refractivity contribution >= 4 is 29.8 Å². The lowest BCUT2D eigenvalue weighted by atomic mass is 9.79. The summed E-state index contributed by atoms with van der Waals surface area (Å²) in [5.41, 5.74) is -0.656. The maximum Gasteiger partial charge on any atom is 0.306 e. The second-order valence-corrected chi connectivity index (χ2v) is 11.8. The van der Waals surface area contributed by atoms with Crippen LogP contribution in [-0.4, -0.2) is 72.6 Å². The molecular formula is C30H43NO11. The highest BCUT2D eigenvalue weighted by Gasteiger charge is 2.52. The summed E-state index contributed by atoms with van der Waals surface area (Å²) in [5.74, 6) is -2.85. The van der Waals surface area contributed by atoms with Crippen LogP contribution < -0.4 is 5.32 Å². The van der Waals surface area contributed by atoms with Crippen LogP contribution in [0.3, 0.4) is 0 Å². The van der Waals surface area contributed by atoms with Gasteiger partial charge < -0.3 is 33.7 Å². The zero-order chi connectivity index (χ0) is 31.7. The molecule has 0 aliphatic carbocycles. The number of carbonyl (C=O) groups excluding carboxylic acids is 5. The third-order valence-electron chi connectivity index (χ3n) is 6.28. The maximum absolute atomic E-state index is 12.7. The summed E-state index contributed by atoms with van der Waals surface area (Å²) in [5, 5.41) is 2.69. The van der Waals surface area contributed by atoms with Crippen LogP contribution in [0.5, 0.6) is 0 Å². The number of amides is 1. The normalized spacial score (nSPS) is 22.4. The molecule has 1 aromatic carbocycles. The van der Waals surface area contributed by atoms with E-state index in [9.17, 15) is 24.0 Å². The Morgan fingerprint density at radius 2 is 1.43 bits per heavy atom. The van der Waals surface area contributed by atoms with E-state index in [0.29, 0.717) is 6.42 Å². The van der Waals surface area contributed by atoms with Crippen molar-refractivity contribution in [3.63, 3.8) is 0 Å². The molecule has 1 fully saturated rings. The molecule has 1 aliphatic heterocycles. The second-order valence-electron chi connectivity index (χ2n) is 11.8. The molecule has 42 heavy (non-hydrogen) atoms. The van der Waals surface area contributed by atoms with Crippen LogP contribution in [-0.2, 0) is 59.0 Å². The van der Waals surface area contributed by atoms with Crippen LogP contribution >= 0.6 is 0 Å². The van der Waals surface area contributed by atoms with Gasteiger partial charge in [-0.1, -0.05) is 44.2 Å². The summed E-state index contributed by atoms with van der Waals surface area (Å²) in [4.78, 5) is 60.5. The lowest BCUT2D eigenvalue weighted by Crippen LogP contribution is -2.67. The number of esters is 4. The molecule has 2 rings (SSSR count). The minimum atomic E-state index is -1.23. The Morgan fingerprint density at radius 3 is 1.98 bits per heavy atom. The summed E-state index contributed by atoms with van der Waals surface area (Å²) in [7, 11) is 0. The molecule has 1 aliphatic rings. The summed E-state index contributed by atoms with van der Waals surface area (Å²) < 4.78 is 34.0. The molecule has 1 amide bonds. The molecule has 5 atom stereocenters. The molecule has 0 bridgehead atoms. The standard InChI is InChI=1S/C30H43NO11/c1-18(32)31-25-27(40-21(4)35)26(39-20(3)34)23(16-37-19(2)33)41-28(25)42-30(7,8)17-29(5,6)14-24(36)38-15-22-12-10-9-11-13-22/h9-13,23,25-28H,14-17H2,1-8H3,(H,31,32)/t23?,25-,26-,27?,28-/m0/s1. The van der Waals surface area contributed by atoms with Crippen molar-refractivity contribution in [3.05, 3.63) is 35.9 Å². The fraction of sp³-hybridized carbons (Fsp3) is 0.633. The Kier molecular flexibility index (Phi) is 12.5. The van der Waals surface area contributed by atoms with Crippen molar-refractivity contribution in [2.45, 2.75) is 111 Å². The predicted octanol–water partition coefficient (Wildman–Crippen LogP) is 2.99. The molecule has 12 nitrogen and oxygen atoms in total. The second kappa shape index (κ2) is 15.1. The van der Waals surface area contributed by atoms with Gasteiger partial charge in [-0.3, -0.25) is 24.0 Å². The molecule has 234 valence electrons. The van der Waals surface area contributed by atoms with E-state index in [1.807, 2.05) is 44.2 Å². The zero-order valence-corrected chi connectivity index (χ0v) is 25.6. The molecule has 0 radical (unpaired) electrons. The number of carbonyl (C=O) groups is 5. The maximum atomic E-state index is 12.7. The first-order valence-corrected chi connectivity index (χ1v) is 13.8. The molecule has 0 spiro atoms. The molecule has 1 saturated heterocycles. The highest BCUT2D eigenvalue weighted by Crippen LogP contribution is 2.37. The van der Waals surface area contributed by atoms with Crippen molar-refractivity contribution in [1.29, 1.82) is 0 Å². The van der Waals surface area contributed by atoms with Crippen LogP contribution in [0, 0.1) is 5.41 Å². The third-order valence-corrected chi connectivity index (χ3v) is 6.28. The van der Waals surface area contributed by atoms with Gasteiger partial charge in [-0.2, -0.15) is 0 Å². The molecular weight excluding hydrogens is 550 g/mol. The van der Waals surface area contributed by atoms with Gasteiger partial charge in [0.25, 0.3) is 0 Å². The number of hydrogen-bond acceptors (Lipinski definition) is 11. The molecule has 2 unspecified atom stereocenters. The Morgan fingerprint density at radius 1 is 0.833 bits per heavy atom. The lowest BCUT2D eigenvalue weighted by molar-refractivity contribution is -0.302. The average molecular weight is 594 g/mol. The topological polar surface area (TPSA) is 153 Å². The third kappa shape index (κ3) is 11.8. The van der Waals surface area contributed by atoms with Gasteiger partial charge in [-0.25, -0.2) is 0 Å². The van der Waals surface area contributed by atoms with Gasteiger partial charge in [0.1, 0.15) is 25.4 Å². The van der Waals surface area contributed by atoms with E-state index >= 15 is 0 Å². The van der Waals surface area contributed by atoms with Crippen LogP contribution in [0.4, 0.5) is 0 Å². The summed E-state index contributed by atoms with van der Waals surface area (Å²) in [6.45, 7) is 12.0. The Labute approximate surface area is 246 Å². The Bertz CT molecular complexity index is 1100. The van der Waals surface area contributed by atoms with E-state index in [1.54, 1.807) is 13.8 Å². The van der Waals surface area contributed by atoms with E-state index < -0.39 is 65.5 Å². The van der Waals surface area contributed by atoms with Gasteiger partial charge in [0.05, 0.1) is 12.0 Å². The number of benzene rings is 1. The number of hydrogen-bond donors (Lipinski definition) is 1. The number of ether oxygens (including phenoxy) is 6. The minimum Gasteiger partial charge on any atom is -0.463 e. The van der Waals surface area contributed by atoms with Crippen molar-refractivity contribution in [2.75, 3.05) is 6.61 Å². The van der Waals surface area contributed by atoms with Gasteiger partial charge in [0.15, 0.2) is 18.5 Å². The van der Waals surface area contributed by atoms with Gasteiger partial charge >= 0.3 is 23.9 Å². The van der Waals surface area contributed by atoms with E-state index in [0.717, 1.165) is 5.56 Å². The summed E-state index contributed by atoms with van der Waals surface area (Å²) >= 11 is 0. The van der Waals surface area contributed by atoms with Gasteiger partial charge in [0, 0.05) is 27.7 Å². The van der Waals surface area contributed by atoms with Crippen molar-refractivity contribution in [3.8, 4) is 0 Å². The molecule has 1 N–H and O–H groups in total. The van der Waals surface area contributed by atoms with Crippen molar-refractivity contribution in [1.82, 2.24) is 5.32 Å². The molecule has 12 heteroatoms. The largest absolute Gasteiger partial charge is 0.463 e. The highest BCUT2D eigenvalue weighted by molar-refractivity contribution is 5.74. The molecule has 0 aromatic heterocycles. The van der Waals surface area contributed by atoms with E-state index in [-0.39, 0.29) is 25.6 Å². The van der Waals surface area contributed by atoms with Gasteiger partial charge in [0.2, 0.25) is 5.91 Å². The first kappa shape index (κ1) is 34.7. The van der Waals surface area contributed by atoms with Crippen LogP contribution in [0.1, 0.15) is 73.8 Å². The first-order chi connectivity index (χ1) is 19.5. The molecule has 1 aromatic rings. The van der Waals surface area contributed by atoms with Crippen LogP contribution in [0.2, 0.25) is 0 Å². The summed E-state index contributed by atoms with van der Waals surface area (Å²) in [6.07, 6.45) is -4.30. The smallest absolute Gasteiger partial charge is 0.306 e. The molecule has 0 saturated carbocycles. The van der Waals surface area contributed by atoms with Crippen LogP contribution in [0.15, 0.2) is 30.3 Å². The van der Waals surface area contributed by atoms with E-state index in [1.165, 1.54) is 27.7 Å². The van der Waals surface area contributed by atoms with Gasteiger partial charge in [-0.15, -0.1) is 0 Å². The minimum absolute atomic E-state index is 0.104. The fourth-order valence-electron chi connectivity index (χ4n) is 5.14. The molecule has 1 heterocycles. The highest BCUT2D eigenvalue weighted by atomic mass is 16.7.